The quantitative estimate of drug-likeness (QED) is 0.655. The Morgan fingerprint density at radius 1 is 1.31 bits per heavy atom. The molecule has 2 rings (SSSR count). The maximum atomic E-state index is 13.5. The van der Waals surface area contributed by atoms with E-state index in [0.29, 0.717) is 11.1 Å². The molecule has 0 saturated heterocycles. The van der Waals surface area contributed by atoms with Gasteiger partial charge in [0.15, 0.2) is 11.6 Å². The van der Waals surface area contributed by atoms with Crippen LogP contribution in [-0.4, -0.2) is 11.7 Å². The molecule has 1 aromatic carbocycles. The summed E-state index contributed by atoms with van der Waals surface area (Å²) in [5.74, 6) is -0.000648. The number of nitrogens with zero attached hydrogens (tertiary/aromatic N) is 1. The predicted octanol–water partition coefficient (Wildman–Crippen LogP) is 2.33. The van der Waals surface area contributed by atoms with E-state index in [2.05, 4.69) is 0 Å². The van der Waals surface area contributed by atoms with Crippen LogP contribution in [0.25, 0.3) is 10.9 Å². The zero-order chi connectivity index (χ0) is 9.42. The van der Waals surface area contributed by atoms with Gasteiger partial charge in [-0.15, -0.1) is 0 Å². The zero-order valence-corrected chi connectivity index (χ0v) is 7.54. The lowest BCUT2D eigenvalue weighted by Crippen LogP contribution is -1.89. The zero-order valence-electron chi connectivity index (χ0n) is 7.54. The van der Waals surface area contributed by atoms with Crippen LogP contribution in [0.15, 0.2) is 24.4 Å². The first-order chi connectivity index (χ1) is 6.24. The Labute approximate surface area is 75.5 Å². The van der Waals surface area contributed by atoms with Gasteiger partial charge in [-0.1, -0.05) is 0 Å². The molecule has 0 bridgehead atoms. The fraction of sp³-hybridized carbons (Fsp3) is 0.200. The molecular formula is C10H10FNO. The van der Waals surface area contributed by atoms with Gasteiger partial charge in [0.05, 0.1) is 12.6 Å². The second kappa shape index (κ2) is 2.76. The maximum absolute atomic E-state index is 13.5. The third kappa shape index (κ3) is 1.08. The highest BCUT2D eigenvalue weighted by molar-refractivity contribution is 5.82. The van der Waals surface area contributed by atoms with E-state index in [1.165, 1.54) is 7.11 Å². The first kappa shape index (κ1) is 8.10. The Balaban J connectivity index is 2.80. The van der Waals surface area contributed by atoms with E-state index in [1.54, 1.807) is 12.1 Å². The minimum absolute atomic E-state index is 0.290. The molecule has 0 aliphatic heterocycles. The average molecular weight is 179 g/mol. The van der Waals surface area contributed by atoms with Crippen LogP contribution in [0.4, 0.5) is 4.39 Å². The minimum atomic E-state index is -0.291. The molecule has 68 valence electrons. The molecule has 2 nitrogen and oxygen atoms in total. The molecule has 3 heteroatoms. The van der Waals surface area contributed by atoms with Crippen molar-refractivity contribution in [2.45, 2.75) is 0 Å². The fourth-order valence-corrected chi connectivity index (χ4v) is 1.45. The summed E-state index contributed by atoms with van der Waals surface area (Å²) >= 11 is 0. The molecule has 2 aromatic rings. The van der Waals surface area contributed by atoms with Crippen LogP contribution >= 0.6 is 0 Å². The molecule has 0 unspecified atom stereocenters. The van der Waals surface area contributed by atoms with Gasteiger partial charge in [-0.3, -0.25) is 0 Å². The molecule has 0 aliphatic rings. The van der Waals surface area contributed by atoms with E-state index in [1.807, 2.05) is 23.9 Å². The monoisotopic (exact) mass is 179 g/mol. The van der Waals surface area contributed by atoms with E-state index in [-0.39, 0.29) is 5.82 Å². The normalized spacial score (nSPS) is 10.7. The Bertz CT molecular complexity index is 447. The molecule has 13 heavy (non-hydrogen) atoms. The molecule has 0 atom stereocenters. The van der Waals surface area contributed by atoms with Gasteiger partial charge in [0.2, 0.25) is 0 Å². The number of aromatic nitrogens is 1. The van der Waals surface area contributed by atoms with Crippen LogP contribution < -0.4 is 4.74 Å². The van der Waals surface area contributed by atoms with Crippen molar-refractivity contribution in [2.75, 3.05) is 7.11 Å². The molecule has 0 N–H and O–H groups in total. The Morgan fingerprint density at radius 2 is 2.08 bits per heavy atom. The molecule has 1 heterocycles. The number of rotatable bonds is 1. The number of aryl methyl sites for hydroxylation is 1. The topological polar surface area (TPSA) is 14.2 Å². The van der Waals surface area contributed by atoms with Gasteiger partial charge >= 0.3 is 0 Å². The maximum Gasteiger partial charge on any atom is 0.174 e. The highest BCUT2D eigenvalue weighted by Gasteiger charge is 2.08. The number of hydrogen-bond acceptors (Lipinski definition) is 1. The van der Waals surface area contributed by atoms with Gasteiger partial charge in [-0.2, -0.15) is 0 Å². The van der Waals surface area contributed by atoms with Crippen molar-refractivity contribution in [3.8, 4) is 5.75 Å². The second-order valence-electron chi connectivity index (χ2n) is 2.94. The highest BCUT2D eigenvalue weighted by Crippen LogP contribution is 2.26. The summed E-state index contributed by atoms with van der Waals surface area (Å²) in [6.07, 6.45) is 1.83. The van der Waals surface area contributed by atoms with E-state index >= 15 is 0 Å². The predicted molar refractivity (Wildman–Crippen MR) is 49.4 cm³/mol. The number of halogens is 1. The van der Waals surface area contributed by atoms with E-state index in [0.717, 1.165) is 5.52 Å². The second-order valence-corrected chi connectivity index (χ2v) is 2.94. The number of ether oxygens (including phenoxy) is 1. The van der Waals surface area contributed by atoms with Crippen molar-refractivity contribution >= 4 is 10.9 Å². The van der Waals surface area contributed by atoms with Crippen molar-refractivity contribution in [1.29, 1.82) is 0 Å². The van der Waals surface area contributed by atoms with Crippen molar-refractivity contribution in [3.63, 3.8) is 0 Å². The SMILES string of the molecule is COc1ccc2c(ccn2C)c1F. The number of fused-ring (bicyclic) bond motifs is 1. The smallest absolute Gasteiger partial charge is 0.174 e. The van der Waals surface area contributed by atoms with Crippen LogP contribution in [0.2, 0.25) is 0 Å². The van der Waals surface area contributed by atoms with E-state index in [9.17, 15) is 4.39 Å². The summed E-state index contributed by atoms with van der Waals surface area (Å²) in [7, 11) is 3.35. The van der Waals surface area contributed by atoms with Gasteiger partial charge in [0.25, 0.3) is 0 Å². The summed E-state index contributed by atoms with van der Waals surface area (Å²) in [6.45, 7) is 0. The summed E-state index contributed by atoms with van der Waals surface area (Å²) < 4.78 is 20.3. The lowest BCUT2D eigenvalue weighted by atomic mass is 10.2. The Hall–Kier alpha value is -1.51. The van der Waals surface area contributed by atoms with E-state index in [4.69, 9.17) is 4.74 Å². The highest BCUT2D eigenvalue weighted by atomic mass is 19.1. The molecular weight excluding hydrogens is 169 g/mol. The summed E-state index contributed by atoms with van der Waals surface area (Å²) in [5.41, 5.74) is 0.873. The minimum Gasteiger partial charge on any atom is -0.494 e. The van der Waals surface area contributed by atoms with Crippen molar-refractivity contribution in [3.05, 3.63) is 30.2 Å². The van der Waals surface area contributed by atoms with Crippen molar-refractivity contribution in [2.24, 2.45) is 7.05 Å². The third-order valence-corrected chi connectivity index (χ3v) is 2.19. The lowest BCUT2D eigenvalue weighted by Gasteiger charge is -2.02. The number of benzene rings is 1. The van der Waals surface area contributed by atoms with Gasteiger partial charge in [-0.25, -0.2) is 4.39 Å². The number of methoxy groups -OCH3 is 1. The average Bonchev–Trinajstić information content (AvgIpc) is 2.50. The summed E-state index contributed by atoms with van der Waals surface area (Å²) in [5, 5.41) is 0.599. The van der Waals surface area contributed by atoms with E-state index < -0.39 is 0 Å². The molecule has 0 saturated carbocycles. The van der Waals surface area contributed by atoms with Crippen molar-refractivity contribution in [1.82, 2.24) is 4.57 Å². The summed E-state index contributed by atoms with van der Waals surface area (Å²) in [4.78, 5) is 0. The first-order valence-electron chi connectivity index (χ1n) is 4.01. The molecule has 0 aliphatic carbocycles. The third-order valence-electron chi connectivity index (χ3n) is 2.19. The largest absolute Gasteiger partial charge is 0.494 e. The van der Waals surface area contributed by atoms with Crippen LogP contribution in [-0.2, 0) is 7.05 Å². The number of hydrogen-bond donors (Lipinski definition) is 0. The van der Waals surface area contributed by atoms with Gasteiger partial charge in [0, 0.05) is 18.6 Å². The Kier molecular flexibility index (Phi) is 1.72. The van der Waals surface area contributed by atoms with Gasteiger partial charge in [0.1, 0.15) is 0 Å². The van der Waals surface area contributed by atoms with Gasteiger partial charge in [-0.05, 0) is 18.2 Å². The van der Waals surface area contributed by atoms with Crippen LogP contribution in [0, 0.1) is 5.82 Å². The molecule has 0 amide bonds. The van der Waals surface area contributed by atoms with Crippen LogP contribution in [0.1, 0.15) is 0 Å². The van der Waals surface area contributed by atoms with Crippen LogP contribution in [0.3, 0.4) is 0 Å². The lowest BCUT2D eigenvalue weighted by molar-refractivity contribution is 0.389. The summed E-state index contributed by atoms with van der Waals surface area (Å²) in [6, 6.07) is 5.22. The Morgan fingerprint density at radius 3 is 2.77 bits per heavy atom. The fourth-order valence-electron chi connectivity index (χ4n) is 1.45. The van der Waals surface area contributed by atoms with Gasteiger partial charge < -0.3 is 9.30 Å². The van der Waals surface area contributed by atoms with Crippen molar-refractivity contribution < 1.29 is 9.13 Å². The molecule has 1 aromatic heterocycles. The first-order valence-corrected chi connectivity index (χ1v) is 4.01. The molecule has 0 spiro atoms. The molecule has 0 fully saturated rings. The molecule has 0 radical (unpaired) electrons. The van der Waals surface area contributed by atoms with Crippen LogP contribution in [0.5, 0.6) is 5.75 Å². The standard InChI is InChI=1S/C10H10FNO/c1-12-6-5-7-8(12)3-4-9(13-2)10(7)11/h3-6H,1-2H3.